The molecule has 1 atom stereocenters. The van der Waals surface area contributed by atoms with Crippen molar-refractivity contribution in [3.05, 3.63) is 30.3 Å². The van der Waals surface area contributed by atoms with Crippen molar-refractivity contribution in [2.75, 3.05) is 37.6 Å². The van der Waals surface area contributed by atoms with Gasteiger partial charge in [0.15, 0.2) is 0 Å². The Balaban J connectivity index is 1.51. The third-order valence-electron chi connectivity index (χ3n) is 5.23. The molecule has 2 fully saturated rings. The first-order chi connectivity index (χ1) is 10.4. The Kier molecular flexibility index (Phi) is 5.15. The molecule has 3 rings (SSSR count). The highest BCUT2D eigenvalue weighted by molar-refractivity contribution is 5.46. The number of para-hydroxylation sites is 1. The number of nitrogens with two attached hydrogens (primary N) is 1. The van der Waals surface area contributed by atoms with E-state index in [1.807, 2.05) is 0 Å². The van der Waals surface area contributed by atoms with Gasteiger partial charge in [-0.2, -0.15) is 0 Å². The molecule has 2 saturated heterocycles. The molecule has 2 aliphatic rings. The van der Waals surface area contributed by atoms with Gasteiger partial charge in [-0.3, -0.25) is 4.90 Å². The molecule has 3 heteroatoms. The lowest BCUT2D eigenvalue weighted by Gasteiger charge is -2.43. The number of likely N-dealkylation sites (tertiary alicyclic amines) is 1. The third kappa shape index (κ3) is 3.78. The second-order valence-corrected chi connectivity index (χ2v) is 6.63. The van der Waals surface area contributed by atoms with Gasteiger partial charge in [0.1, 0.15) is 0 Å². The summed E-state index contributed by atoms with van der Waals surface area (Å²) in [5.74, 6) is 0.843. The van der Waals surface area contributed by atoms with E-state index in [9.17, 15) is 0 Å². The van der Waals surface area contributed by atoms with Crippen molar-refractivity contribution >= 4 is 5.69 Å². The van der Waals surface area contributed by atoms with Gasteiger partial charge in [-0.05, 0) is 63.2 Å². The summed E-state index contributed by atoms with van der Waals surface area (Å²) in [5, 5.41) is 0. The van der Waals surface area contributed by atoms with Crippen molar-refractivity contribution in [3.63, 3.8) is 0 Å². The number of piperidine rings is 2. The van der Waals surface area contributed by atoms with Crippen LogP contribution in [0.1, 0.15) is 32.1 Å². The molecular formula is C18H29N3. The lowest BCUT2D eigenvalue weighted by Crippen LogP contribution is -2.48. The summed E-state index contributed by atoms with van der Waals surface area (Å²) in [4.78, 5) is 5.30. The van der Waals surface area contributed by atoms with Crippen LogP contribution in [0.3, 0.4) is 0 Å². The smallest absolute Gasteiger partial charge is 0.0366 e. The van der Waals surface area contributed by atoms with E-state index in [0.717, 1.165) is 18.5 Å². The largest absolute Gasteiger partial charge is 0.371 e. The molecule has 0 saturated carbocycles. The number of hydrogen-bond acceptors (Lipinski definition) is 3. The van der Waals surface area contributed by atoms with Gasteiger partial charge < -0.3 is 10.6 Å². The van der Waals surface area contributed by atoms with Crippen LogP contribution in [0.15, 0.2) is 30.3 Å². The summed E-state index contributed by atoms with van der Waals surface area (Å²) in [5.41, 5.74) is 7.13. The standard InChI is InChI=1S/C18H29N3/c19-11-8-16-5-4-12-21(15-16)18-9-13-20(14-10-18)17-6-2-1-3-7-17/h1-3,6-7,16,18H,4-5,8-15,19H2. The summed E-state index contributed by atoms with van der Waals surface area (Å²) >= 11 is 0. The first-order valence-electron chi connectivity index (χ1n) is 8.61. The molecule has 0 amide bonds. The van der Waals surface area contributed by atoms with E-state index in [2.05, 4.69) is 40.1 Å². The molecule has 0 aromatic heterocycles. The Morgan fingerprint density at radius 1 is 1.00 bits per heavy atom. The molecule has 0 radical (unpaired) electrons. The summed E-state index contributed by atoms with van der Waals surface area (Å²) in [6.45, 7) is 5.84. The zero-order valence-electron chi connectivity index (χ0n) is 13.1. The minimum absolute atomic E-state index is 0.797. The molecule has 21 heavy (non-hydrogen) atoms. The van der Waals surface area contributed by atoms with Gasteiger partial charge in [-0.15, -0.1) is 0 Å². The maximum absolute atomic E-state index is 5.74. The minimum Gasteiger partial charge on any atom is -0.371 e. The van der Waals surface area contributed by atoms with Crippen LogP contribution in [-0.2, 0) is 0 Å². The molecule has 1 unspecified atom stereocenters. The van der Waals surface area contributed by atoms with Crippen LogP contribution in [0.2, 0.25) is 0 Å². The SMILES string of the molecule is NCCC1CCCN(C2CCN(c3ccccc3)CC2)C1. The normalized spacial score (nSPS) is 25.2. The first-order valence-corrected chi connectivity index (χ1v) is 8.61. The van der Waals surface area contributed by atoms with Crippen LogP contribution < -0.4 is 10.6 Å². The average Bonchev–Trinajstić information content (AvgIpc) is 2.56. The van der Waals surface area contributed by atoms with Crippen LogP contribution >= 0.6 is 0 Å². The zero-order chi connectivity index (χ0) is 14.5. The average molecular weight is 287 g/mol. The van der Waals surface area contributed by atoms with Gasteiger partial charge >= 0.3 is 0 Å². The van der Waals surface area contributed by atoms with Gasteiger partial charge in [0.2, 0.25) is 0 Å². The van der Waals surface area contributed by atoms with Gasteiger partial charge in [0.25, 0.3) is 0 Å². The van der Waals surface area contributed by atoms with E-state index >= 15 is 0 Å². The third-order valence-corrected chi connectivity index (χ3v) is 5.23. The van der Waals surface area contributed by atoms with Crippen molar-refractivity contribution < 1.29 is 0 Å². The van der Waals surface area contributed by atoms with Gasteiger partial charge in [-0.25, -0.2) is 0 Å². The molecule has 1 aromatic carbocycles. The highest BCUT2D eigenvalue weighted by Crippen LogP contribution is 2.27. The summed E-state index contributed by atoms with van der Waals surface area (Å²) in [7, 11) is 0. The highest BCUT2D eigenvalue weighted by Gasteiger charge is 2.28. The molecule has 1 aromatic rings. The monoisotopic (exact) mass is 287 g/mol. The van der Waals surface area contributed by atoms with Crippen molar-refractivity contribution in [1.82, 2.24) is 4.90 Å². The Hall–Kier alpha value is -1.06. The lowest BCUT2D eigenvalue weighted by atomic mass is 9.91. The zero-order valence-corrected chi connectivity index (χ0v) is 13.1. The second kappa shape index (κ2) is 7.28. The predicted molar refractivity (Wildman–Crippen MR) is 89.6 cm³/mol. The molecule has 2 heterocycles. The van der Waals surface area contributed by atoms with Crippen molar-refractivity contribution in [2.45, 2.75) is 38.1 Å². The predicted octanol–water partition coefficient (Wildman–Crippen LogP) is 2.72. The molecule has 116 valence electrons. The lowest BCUT2D eigenvalue weighted by molar-refractivity contribution is 0.104. The molecule has 0 spiro atoms. The Labute approximate surface area is 129 Å². The minimum atomic E-state index is 0.797. The Morgan fingerprint density at radius 3 is 2.48 bits per heavy atom. The maximum Gasteiger partial charge on any atom is 0.0366 e. The van der Waals surface area contributed by atoms with Crippen LogP contribution in [0, 0.1) is 5.92 Å². The van der Waals surface area contributed by atoms with Crippen LogP contribution in [0.4, 0.5) is 5.69 Å². The Morgan fingerprint density at radius 2 is 1.76 bits per heavy atom. The van der Waals surface area contributed by atoms with Gasteiger partial charge in [0, 0.05) is 31.4 Å². The number of nitrogens with zero attached hydrogens (tertiary/aromatic N) is 2. The fraction of sp³-hybridized carbons (Fsp3) is 0.667. The molecule has 2 aliphatic heterocycles. The summed E-state index contributed by atoms with van der Waals surface area (Å²) < 4.78 is 0. The first kappa shape index (κ1) is 14.9. The van der Waals surface area contributed by atoms with Crippen LogP contribution in [0.5, 0.6) is 0 Å². The highest BCUT2D eigenvalue weighted by atomic mass is 15.2. The summed E-state index contributed by atoms with van der Waals surface area (Å²) in [6.07, 6.45) is 6.58. The quantitative estimate of drug-likeness (QED) is 0.924. The summed E-state index contributed by atoms with van der Waals surface area (Å²) in [6, 6.07) is 11.6. The number of anilines is 1. The molecule has 3 nitrogen and oxygen atoms in total. The van der Waals surface area contributed by atoms with E-state index < -0.39 is 0 Å². The fourth-order valence-electron chi connectivity index (χ4n) is 4.03. The van der Waals surface area contributed by atoms with E-state index in [4.69, 9.17) is 5.73 Å². The van der Waals surface area contributed by atoms with Gasteiger partial charge in [0.05, 0.1) is 0 Å². The fourth-order valence-corrected chi connectivity index (χ4v) is 4.03. The van der Waals surface area contributed by atoms with Crippen molar-refractivity contribution in [3.8, 4) is 0 Å². The number of benzene rings is 1. The number of rotatable bonds is 4. The maximum atomic E-state index is 5.74. The second-order valence-electron chi connectivity index (χ2n) is 6.63. The molecule has 0 bridgehead atoms. The topological polar surface area (TPSA) is 32.5 Å². The van der Waals surface area contributed by atoms with Crippen molar-refractivity contribution in [1.29, 1.82) is 0 Å². The van der Waals surface area contributed by atoms with E-state index in [1.54, 1.807) is 0 Å². The number of hydrogen-bond donors (Lipinski definition) is 1. The molecule has 0 aliphatic carbocycles. The van der Waals surface area contributed by atoms with Gasteiger partial charge in [-0.1, -0.05) is 18.2 Å². The van der Waals surface area contributed by atoms with Crippen LogP contribution in [-0.4, -0.2) is 43.7 Å². The van der Waals surface area contributed by atoms with Crippen molar-refractivity contribution in [2.24, 2.45) is 11.7 Å². The molecule has 2 N–H and O–H groups in total. The van der Waals surface area contributed by atoms with E-state index in [-0.39, 0.29) is 0 Å². The Bertz CT molecular complexity index is 410. The molecular weight excluding hydrogens is 258 g/mol. The van der Waals surface area contributed by atoms with E-state index in [0.29, 0.717) is 0 Å². The van der Waals surface area contributed by atoms with E-state index in [1.165, 1.54) is 64.0 Å². The van der Waals surface area contributed by atoms with Crippen LogP contribution in [0.25, 0.3) is 0 Å².